The SMILES string of the molecule is CCC(CN(C)C(C)=O)C(=O)O. The van der Waals surface area contributed by atoms with Crippen LogP contribution in [0.5, 0.6) is 0 Å². The molecule has 0 aliphatic rings. The van der Waals surface area contributed by atoms with Gasteiger partial charge in [-0.1, -0.05) is 6.92 Å². The number of carboxylic acids is 1. The molecule has 0 aromatic heterocycles. The van der Waals surface area contributed by atoms with Crippen LogP contribution in [0.25, 0.3) is 0 Å². The van der Waals surface area contributed by atoms with Gasteiger partial charge < -0.3 is 10.0 Å². The predicted octanol–water partition coefficient (Wildman–Crippen LogP) is 0.575. The molecular weight excluding hydrogens is 158 g/mol. The number of rotatable bonds is 4. The first-order valence-electron chi connectivity index (χ1n) is 3.93. The maximum Gasteiger partial charge on any atom is 0.308 e. The molecule has 0 fully saturated rings. The lowest BCUT2D eigenvalue weighted by Gasteiger charge is -2.18. The summed E-state index contributed by atoms with van der Waals surface area (Å²) in [6.07, 6.45) is 0.549. The first-order chi connectivity index (χ1) is 5.49. The first kappa shape index (κ1) is 10.9. The normalized spacial score (nSPS) is 12.2. The lowest BCUT2D eigenvalue weighted by molar-refractivity contribution is -0.143. The highest BCUT2D eigenvalue weighted by molar-refractivity contribution is 5.75. The van der Waals surface area contributed by atoms with Crippen LogP contribution in [0.15, 0.2) is 0 Å². The van der Waals surface area contributed by atoms with Gasteiger partial charge in [-0.3, -0.25) is 9.59 Å². The van der Waals surface area contributed by atoms with Crippen molar-refractivity contribution < 1.29 is 14.7 Å². The summed E-state index contributed by atoms with van der Waals surface area (Å²) in [6.45, 7) is 3.52. The van der Waals surface area contributed by atoms with Crippen LogP contribution in [0.4, 0.5) is 0 Å². The number of nitrogens with zero attached hydrogens (tertiary/aromatic N) is 1. The van der Waals surface area contributed by atoms with Crippen molar-refractivity contribution in [2.75, 3.05) is 13.6 Å². The van der Waals surface area contributed by atoms with Gasteiger partial charge in [-0.25, -0.2) is 0 Å². The Hall–Kier alpha value is -1.06. The Morgan fingerprint density at radius 3 is 2.25 bits per heavy atom. The van der Waals surface area contributed by atoms with Crippen molar-refractivity contribution in [1.82, 2.24) is 4.90 Å². The minimum absolute atomic E-state index is 0.102. The molecule has 4 nitrogen and oxygen atoms in total. The zero-order chi connectivity index (χ0) is 9.72. The smallest absolute Gasteiger partial charge is 0.308 e. The van der Waals surface area contributed by atoms with E-state index < -0.39 is 11.9 Å². The van der Waals surface area contributed by atoms with Gasteiger partial charge in [-0.15, -0.1) is 0 Å². The Morgan fingerprint density at radius 1 is 1.50 bits per heavy atom. The molecule has 1 atom stereocenters. The van der Waals surface area contributed by atoms with Gasteiger partial charge in [0.15, 0.2) is 0 Å². The van der Waals surface area contributed by atoms with E-state index in [0.717, 1.165) is 0 Å². The van der Waals surface area contributed by atoms with Crippen molar-refractivity contribution in [2.45, 2.75) is 20.3 Å². The van der Waals surface area contributed by atoms with Gasteiger partial charge in [-0.2, -0.15) is 0 Å². The van der Waals surface area contributed by atoms with E-state index in [2.05, 4.69) is 0 Å². The molecule has 0 aromatic rings. The Morgan fingerprint density at radius 2 is 2.00 bits per heavy atom. The Labute approximate surface area is 72.2 Å². The van der Waals surface area contributed by atoms with Gasteiger partial charge >= 0.3 is 5.97 Å². The largest absolute Gasteiger partial charge is 0.481 e. The van der Waals surface area contributed by atoms with Gasteiger partial charge in [0.05, 0.1) is 5.92 Å². The minimum Gasteiger partial charge on any atom is -0.481 e. The molecule has 0 rings (SSSR count). The molecule has 12 heavy (non-hydrogen) atoms. The number of carboxylic acid groups (broad SMARTS) is 1. The highest BCUT2D eigenvalue weighted by Crippen LogP contribution is 2.04. The number of aliphatic carboxylic acids is 1. The van der Waals surface area contributed by atoms with Gasteiger partial charge in [0.1, 0.15) is 0 Å². The average molecular weight is 173 g/mol. The second-order valence-electron chi connectivity index (χ2n) is 2.84. The standard InChI is InChI=1S/C8H15NO3/c1-4-7(8(11)12)5-9(3)6(2)10/h7H,4-5H2,1-3H3,(H,11,12). The lowest BCUT2D eigenvalue weighted by atomic mass is 10.1. The fourth-order valence-corrected chi connectivity index (χ4v) is 0.841. The van der Waals surface area contributed by atoms with Crippen LogP contribution >= 0.6 is 0 Å². The van der Waals surface area contributed by atoms with Crippen LogP contribution in [0.1, 0.15) is 20.3 Å². The van der Waals surface area contributed by atoms with Crippen molar-refractivity contribution in [3.63, 3.8) is 0 Å². The summed E-state index contributed by atoms with van der Waals surface area (Å²) in [7, 11) is 1.61. The third-order valence-corrected chi connectivity index (χ3v) is 1.87. The molecule has 0 heterocycles. The van der Waals surface area contributed by atoms with Crippen LogP contribution in [0.2, 0.25) is 0 Å². The van der Waals surface area contributed by atoms with Crippen molar-refractivity contribution in [2.24, 2.45) is 5.92 Å². The van der Waals surface area contributed by atoms with E-state index in [1.54, 1.807) is 14.0 Å². The molecule has 0 bridgehead atoms. The van der Waals surface area contributed by atoms with Crippen molar-refractivity contribution >= 4 is 11.9 Å². The molecule has 0 saturated carbocycles. The Kier molecular flexibility index (Phi) is 4.33. The second kappa shape index (κ2) is 4.74. The van der Waals surface area contributed by atoms with Crippen LogP contribution in [0.3, 0.4) is 0 Å². The van der Waals surface area contributed by atoms with Crippen LogP contribution < -0.4 is 0 Å². The van der Waals surface area contributed by atoms with Crippen LogP contribution in [0, 0.1) is 5.92 Å². The third-order valence-electron chi connectivity index (χ3n) is 1.87. The summed E-state index contributed by atoms with van der Waals surface area (Å²) >= 11 is 0. The molecule has 0 saturated heterocycles. The Balaban J connectivity index is 4.02. The van der Waals surface area contributed by atoms with E-state index >= 15 is 0 Å². The highest BCUT2D eigenvalue weighted by Gasteiger charge is 2.17. The summed E-state index contributed by atoms with van der Waals surface area (Å²) < 4.78 is 0. The van der Waals surface area contributed by atoms with Crippen LogP contribution in [-0.2, 0) is 9.59 Å². The topological polar surface area (TPSA) is 57.6 Å². The van der Waals surface area contributed by atoms with E-state index in [1.165, 1.54) is 11.8 Å². The molecular formula is C8H15NO3. The summed E-state index contributed by atoms with van der Waals surface area (Å²) in [5.74, 6) is -1.39. The highest BCUT2D eigenvalue weighted by atomic mass is 16.4. The molecule has 0 aromatic carbocycles. The summed E-state index contributed by atoms with van der Waals surface area (Å²) in [4.78, 5) is 22.7. The zero-order valence-corrected chi connectivity index (χ0v) is 7.70. The van der Waals surface area contributed by atoms with Gasteiger partial charge in [-0.05, 0) is 6.42 Å². The molecule has 0 radical (unpaired) electrons. The third kappa shape index (κ3) is 3.37. The average Bonchev–Trinajstić information content (AvgIpc) is 1.98. The molecule has 0 aliphatic heterocycles. The van der Waals surface area contributed by atoms with E-state index in [9.17, 15) is 9.59 Å². The Bertz CT molecular complexity index is 179. The molecule has 1 N–H and O–H groups in total. The van der Waals surface area contributed by atoms with E-state index in [1.807, 2.05) is 0 Å². The van der Waals surface area contributed by atoms with Gasteiger partial charge in [0.2, 0.25) is 5.91 Å². The molecule has 0 aliphatic carbocycles. The number of amides is 1. The fourth-order valence-electron chi connectivity index (χ4n) is 0.841. The van der Waals surface area contributed by atoms with E-state index in [4.69, 9.17) is 5.11 Å². The first-order valence-corrected chi connectivity index (χ1v) is 3.93. The zero-order valence-electron chi connectivity index (χ0n) is 7.70. The van der Waals surface area contributed by atoms with Crippen LogP contribution in [-0.4, -0.2) is 35.5 Å². The quantitative estimate of drug-likeness (QED) is 0.676. The summed E-state index contributed by atoms with van der Waals surface area (Å²) in [6, 6.07) is 0. The predicted molar refractivity (Wildman–Crippen MR) is 44.7 cm³/mol. The van der Waals surface area contributed by atoms with Crippen molar-refractivity contribution in [3.8, 4) is 0 Å². The summed E-state index contributed by atoms with van der Waals surface area (Å²) in [5.41, 5.74) is 0. The fraction of sp³-hybridized carbons (Fsp3) is 0.750. The van der Waals surface area contributed by atoms with E-state index in [-0.39, 0.29) is 5.91 Å². The maximum atomic E-state index is 10.8. The van der Waals surface area contributed by atoms with Gasteiger partial charge in [0, 0.05) is 20.5 Å². The number of carbonyl (C=O) groups excluding carboxylic acids is 1. The molecule has 1 unspecified atom stereocenters. The summed E-state index contributed by atoms with van der Waals surface area (Å²) in [5, 5.41) is 8.67. The van der Waals surface area contributed by atoms with Crippen molar-refractivity contribution in [3.05, 3.63) is 0 Å². The molecule has 1 amide bonds. The molecule has 4 heteroatoms. The molecule has 0 spiro atoms. The number of hydrogen-bond acceptors (Lipinski definition) is 2. The van der Waals surface area contributed by atoms with E-state index in [0.29, 0.717) is 13.0 Å². The maximum absolute atomic E-state index is 10.8. The number of carbonyl (C=O) groups is 2. The lowest BCUT2D eigenvalue weighted by Crippen LogP contribution is -2.33. The minimum atomic E-state index is -0.842. The van der Waals surface area contributed by atoms with Crippen molar-refractivity contribution in [1.29, 1.82) is 0 Å². The molecule has 70 valence electrons. The number of hydrogen-bond donors (Lipinski definition) is 1. The monoisotopic (exact) mass is 173 g/mol. The second-order valence-corrected chi connectivity index (χ2v) is 2.84. The van der Waals surface area contributed by atoms with Gasteiger partial charge in [0.25, 0.3) is 0 Å².